The molecule has 0 bridgehead atoms. The van der Waals surface area contributed by atoms with E-state index in [-0.39, 0.29) is 5.97 Å². The topological polar surface area (TPSA) is 35.5 Å². The van der Waals surface area contributed by atoms with Crippen LogP contribution in [0.15, 0.2) is 24.3 Å². The normalized spacial score (nSPS) is 10.4. The van der Waals surface area contributed by atoms with Crippen molar-refractivity contribution in [2.75, 3.05) is 13.7 Å². The highest BCUT2D eigenvalue weighted by molar-refractivity contribution is 5.69. The standard InChI is InChI=1S/C14H20O3/c1-11(2)10-14(15)17-9-8-12-4-6-13(16-3)7-5-12/h4-7,11H,8-10H2,1-3H3. The summed E-state index contributed by atoms with van der Waals surface area (Å²) in [7, 11) is 1.64. The Morgan fingerprint density at radius 1 is 1.24 bits per heavy atom. The van der Waals surface area contributed by atoms with Gasteiger partial charge in [0, 0.05) is 12.8 Å². The quantitative estimate of drug-likeness (QED) is 0.712. The maximum absolute atomic E-state index is 11.3. The zero-order valence-corrected chi connectivity index (χ0v) is 10.7. The van der Waals surface area contributed by atoms with Crippen molar-refractivity contribution in [3.63, 3.8) is 0 Å². The van der Waals surface area contributed by atoms with Crippen molar-refractivity contribution in [3.05, 3.63) is 29.8 Å². The molecule has 0 aliphatic carbocycles. The summed E-state index contributed by atoms with van der Waals surface area (Å²) in [5, 5.41) is 0. The maximum Gasteiger partial charge on any atom is 0.306 e. The average molecular weight is 236 g/mol. The first-order valence-electron chi connectivity index (χ1n) is 5.90. The first-order chi connectivity index (χ1) is 8.11. The number of methoxy groups -OCH3 is 1. The highest BCUT2D eigenvalue weighted by atomic mass is 16.5. The van der Waals surface area contributed by atoms with E-state index in [1.165, 1.54) is 0 Å². The fourth-order valence-corrected chi connectivity index (χ4v) is 1.47. The number of carbonyl (C=O) groups is 1. The zero-order valence-electron chi connectivity index (χ0n) is 10.7. The number of hydrogen-bond donors (Lipinski definition) is 0. The summed E-state index contributed by atoms with van der Waals surface area (Å²) in [5.74, 6) is 1.07. The molecule has 1 aromatic rings. The summed E-state index contributed by atoms with van der Waals surface area (Å²) in [6, 6.07) is 7.78. The Morgan fingerprint density at radius 2 is 1.88 bits per heavy atom. The van der Waals surface area contributed by atoms with Crippen LogP contribution in [-0.2, 0) is 16.0 Å². The molecule has 0 aliphatic rings. The second-order valence-corrected chi connectivity index (χ2v) is 4.42. The Morgan fingerprint density at radius 3 is 2.41 bits per heavy atom. The second-order valence-electron chi connectivity index (χ2n) is 4.42. The Hall–Kier alpha value is -1.51. The third-order valence-corrected chi connectivity index (χ3v) is 2.39. The molecule has 0 heterocycles. The van der Waals surface area contributed by atoms with Gasteiger partial charge in [-0.25, -0.2) is 0 Å². The van der Waals surface area contributed by atoms with Gasteiger partial charge in [0.2, 0.25) is 0 Å². The van der Waals surface area contributed by atoms with Crippen molar-refractivity contribution in [1.82, 2.24) is 0 Å². The molecule has 0 N–H and O–H groups in total. The minimum atomic E-state index is -0.117. The summed E-state index contributed by atoms with van der Waals surface area (Å²) in [6.07, 6.45) is 1.23. The van der Waals surface area contributed by atoms with Gasteiger partial charge in [-0.05, 0) is 23.6 Å². The van der Waals surface area contributed by atoms with E-state index in [0.29, 0.717) is 18.9 Å². The average Bonchev–Trinajstić information content (AvgIpc) is 2.29. The number of carbonyl (C=O) groups excluding carboxylic acids is 1. The molecule has 1 aromatic carbocycles. The molecule has 94 valence electrons. The van der Waals surface area contributed by atoms with E-state index in [1.54, 1.807) is 7.11 Å². The second kappa shape index (κ2) is 6.94. The summed E-state index contributed by atoms with van der Waals surface area (Å²) < 4.78 is 10.2. The van der Waals surface area contributed by atoms with Crippen LogP contribution >= 0.6 is 0 Å². The molecule has 0 saturated carbocycles. The molecule has 3 heteroatoms. The van der Waals surface area contributed by atoms with Crippen molar-refractivity contribution >= 4 is 5.97 Å². The third kappa shape index (κ3) is 5.38. The maximum atomic E-state index is 11.3. The Bertz CT molecular complexity index is 341. The number of ether oxygens (including phenoxy) is 2. The van der Waals surface area contributed by atoms with Gasteiger partial charge in [-0.1, -0.05) is 26.0 Å². The van der Waals surface area contributed by atoms with Crippen LogP contribution in [0, 0.1) is 5.92 Å². The number of benzene rings is 1. The highest BCUT2D eigenvalue weighted by Gasteiger charge is 2.05. The smallest absolute Gasteiger partial charge is 0.306 e. The Balaban J connectivity index is 2.28. The minimum Gasteiger partial charge on any atom is -0.497 e. The van der Waals surface area contributed by atoms with Crippen molar-refractivity contribution < 1.29 is 14.3 Å². The van der Waals surface area contributed by atoms with Gasteiger partial charge in [0.25, 0.3) is 0 Å². The summed E-state index contributed by atoms with van der Waals surface area (Å²) in [4.78, 5) is 11.3. The predicted octanol–water partition coefficient (Wildman–Crippen LogP) is 2.83. The molecule has 0 radical (unpaired) electrons. The Kier molecular flexibility index (Phi) is 5.53. The molecule has 0 amide bonds. The van der Waals surface area contributed by atoms with Gasteiger partial charge in [-0.15, -0.1) is 0 Å². The van der Waals surface area contributed by atoms with Gasteiger partial charge in [0.15, 0.2) is 0 Å². The Labute approximate surface area is 103 Å². The van der Waals surface area contributed by atoms with E-state index in [0.717, 1.165) is 17.7 Å². The van der Waals surface area contributed by atoms with E-state index in [2.05, 4.69) is 0 Å². The first-order valence-corrected chi connectivity index (χ1v) is 5.90. The van der Waals surface area contributed by atoms with Crippen molar-refractivity contribution in [2.24, 2.45) is 5.92 Å². The lowest BCUT2D eigenvalue weighted by Crippen LogP contribution is -2.10. The van der Waals surface area contributed by atoms with E-state index in [9.17, 15) is 4.79 Å². The molecule has 17 heavy (non-hydrogen) atoms. The van der Waals surface area contributed by atoms with Gasteiger partial charge in [0.05, 0.1) is 13.7 Å². The minimum absolute atomic E-state index is 0.117. The van der Waals surface area contributed by atoms with Gasteiger partial charge in [0.1, 0.15) is 5.75 Å². The molecule has 0 atom stereocenters. The molecule has 0 fully saturated rings. The molecular formula is C14H20O3. The number of esters is 1. The molecule has 3 nitrogen and oxygen atoms in total. The predicted molar refractivity (Wildman–Crippen MR) is 67.1 cm³/mol. The van der Waals surface area contributed by atoms with Crippen LogP contribution in [0.1, 0.15) is 25.8 Å². The molecule has 0 unspecified atom stereocenters. The molecule has 0 aromatic heterocycles. The highest BCUT2D eigenvalue weighted by Crippen LogP contribution is 2.11. The van der Waals surface area contributed by atoms with Crippen LogP contribution in [0.5, 0.6) is 5.75 Å². The lowest BCUT2D eigenvalue weighted by Gasteiger charge is -2.07. The van der Waals surface area contributed by atoms with Crippen LogP contribution < -0.4 is 4.74 Å². The van der Waals surface area contributed by atoms with E-state index < -0.39 is 0 Å². The lowest BCUT2D eigenvalue weighted by molar-refractivity contribution is -0.144. The van der Waals surface area contributed by atoms with Crippen molar-refractivity contribution in [1.29, 1.82) is 0 Å². The molecule has 0 aliphatic heterocycles. The first kappa shape index (κ1) is 13.6. The van der Waals surface area contributed by atoms with Crippen LogP contribution in [0.2, 0.25) is 0 Å². The zero-order chi connectivity index (χ0) is 12.7. The summed E-state index contributed by atoms with van der Waals surface area (Å²) >= 11 is 0. The molecule has 1 rings (SSSR count). The van der Waals surface area contributed by atoms with E-state index in [4.69, 9.17) is 9.47 Å². The van der Waals surface area contributed by atoms with Crippen LogP contribution in [0.3, 0.4) is 0 Å². The summed E-state index contributed by atoms with van der Waals surface area (Å²) in [6.45, 7) is 4.45. The van der Waals surface area contributed by atoms with Crippen LogP contribution in [0.4, 0.5) is 0 Å². The summed E-state index contributed by atoms with van der Waals surface area (Å²) in [5.41, 5.74) is 1.14. The molecule has 0 saturated heterocycles. The lowest BCUT2D eigenvalue weighted by atomic mass is 10.1. The van der Waals surface area contributed by atoms with Crippen molar-refractivity contribution in [2.45, 2.75) is 26.7 Å². The molecular weight excluding hydrogens is 216 g/mol. The van der Waals surface area contributed by atoms with Gasteiger partial charge in [-0.3, -0.25) is 4.79 Å². The number of rotatable bonds is 6. The monoisotopic (exact) mass is 236 g/mol. The fraction of sp³-hybridized carbons (Fsp3) is 0.500. The fourth-order valence-electron chi connectivity index (χ4n) is 1.47. The van der Waals surface area contributed by atoms with E-state index >= 15 is 0 Å². The molecule has 0 spiro atoms. The SMILES string of the molecule is COc1ccc(CCOC(=O)CC(C)C)cc1. The van der Waals surface area contributed by atoms with Gasteiger partial charge >= 0.3 is 5.97 Å². The third-order valence-electron chi connectivity index (χ3n) is 2.39. The van der Waals surface area contributed by atoms with Gasteiger partial charge < -0.3 is 9.47 Å². The van der Waals surface area contributed by atoms with Crippen LogP contribution in [0.25, 0.3) is 0 Å². The van der Waals surface area contributed by atoms with Gasteiger partial charge in [-0.2, -0.15) is 0 Å². The van der Waals surface area contributed by atoms with Crippen LogP contribution in [-0.4, -0.2) is 19.7 Å². The largest absolute Gasteiger partial charge is 0.497 e. The van der Waals surface area contributed by atoms with E-state index in [1.807, 2.05) is 38.1 Å². The number of hydrogen-bond acceptors (Lipinski definition) is 3. The van der Waals surface area contributed by atoms with Crippen molar-refractivity contribution in [3.8, 4) is 5.75 Å².